The van der Waals surface area contributed by atoms with E-state index in [4.69, 9.17) is 0 Å². The molecule has 3 heteroatoms. The van der Waals surface area contributed by atoms with Gasteiger partial charge in [-0.2, -0.15) is 0 Å². The highest BCUT2D eigenvalue weighted by Gasteiger charge is 2.25. The molecule has 3 heterocycles. The van der Waals surface area contributed by atoms with E-state index >= 15 is 0 Å². The van der Waals surface area contributed by atoms with Crippen LogP contribution < -0.4 is 0 Å². The second-order valence-electron chi connectivity index (χ2n) is 21.0. The molecule has 0 N–H and O–H groups in total. The van der Waals surface area contributed by atoms with Crippen LogP contribution in [0, 0.1) is 0 Å². The third-order valence-electron chi connectivity index (χ3n) is 16.9. The quantitative estimate of drug-likeness (QED) is 0.147. The highest BCUT2D eigenvalue weighted by atomic mass is 32.1. The average Bonchev–Trinajstić information content (AvgIpc) is 4.36. The second-order valence-corrected chi connectivity index (χ2v) is 22.0. The van der Waals surface area contributed by atoms with Crippen LogP contribution in [0.1, 0.15) is 0 Å². The molecule has 0 radical (unpaired) electrons. The van der Waals surface area contributed by atoms with Gasteiger partial charge >= 0.3 is 0 Å². The fourth-order valence-corrected chi connectivity index (χ4v) is 15.0. The van der Waals surface area contributed by atoms with Crippen molar-refractivity contribution in [3.63, 3.8) is 0 Å². The largest absolute Gasteiger partial charge is 0.309 e. The van der Waals surface area contributed by atoms with Gasteiger partial charge in [-0.15, -0.1) is 11.3 Å². The number of hydrogen-bond donors (Lipinski definition) is 0. The molecular formula is C76H46N2S. The van der Waals surface area contributed by atoms with Gasteiger partial charge in [0.2, 0.25) is 0 Å². The van der Waals surface area contributed by atoms with Gasteiger partial charge in [0.05, 0.1) is 22.1 Å². The van der Waals surface area contributed by atoms with Gasteiger partial charge in [-0.1, -0.05) is 218 Å². The van der Waals surface area contributed by atoms with Crippen molar-refractivity contribution in [2.45, 2.75) is 0 Å². The topological polar surface area (TPSA) is 9.86 Å². The maximum absolute atomic E-state index is 2.48. The van der Waals surface area contributed by atoms with Crippen LogP contribution in [0.2, 0.25) is 0 Å². The van der Waals surface area contributed by atoms with Gasteiger partial charge in [0.25, 0.3) is 0 Å². The van der Waals surface area contributed by atoms with Gasteiger partial charge in [-0.25, -0.2) is 0 Å². The number of fused-ring (bicyclic) bond motifs is 13. The molecule has 79 heavy (non-hydrogen) atoms. The Bertz CT molecular complexity index is 5250. The molecule has 0 aliphatic carbocycles. The highest BCUT2D eigenvalue weighted by Crippen LogP contribution is 2.52. The number of rotatable bonds is 6. The third kappa shape index (κ3) is 6.39. The molecule has 2 nitrogen and oxygen atoms in total. The minimum Gasteiger partial charge on any atom is -0.309 e. The SMILES string of the molecule is c1ccc(-n2c3ccccc3c3c(-c4c5ccccc5c(-c5ccc6sc7c(-c8c9ccccc9c(-c9cccc%10c9c9ccccc9n%10-c9ccccc9)c9ccccc89)cccc7c6c5)c5ccccc45)cccc32)cc1. The Morgan fingerprint density at radius 1 is 0.228 bits per heavy atom. The summed E-state index contributed by atoms with van der Waals surface area (Å²) in [4.78, 5) is 0. The summed E-state index contributed by atoms with van der Waals surface area (Å²) < 4.78 is 7.44. The Morgan fingerprint density at radius 2 is 0.570 bits per heavy atom. The Balaban J connectivity index is 0.873. The summed E-state index contributed by atoms with van der Waals surface area (Å²) in [6, 6.07) is 104. The molecule has 0 fully saturated rings. The molecule has 0 saturated heterocycles. The third-order valence-corrected chi connectivity index (χ3v) is 18.1. The average molecular weight is 1020 g/mol. The molecule has 0 atom stereocenters. The van der Waals surface area contributed by atoms with E-state index in [1.54, 1.807) is 0 Å². The van der Waals surface area contributed by atoms with E-state index in [-0.39, 0.29) is 0 Å². The summed E-state index contributed by atoms with van der Waals surface area (Å²) >= 11 is 1.91. The molecule has 0 spiro atoms. The van der Waals surface area contributed by atoms with E-state index in [0.29, 0.717) is 0 Å². The second kappa shape index (κ2) is 17.2. The Labute approximate surface area is 459 Å². The van der Waals surface area contributed by atoms with Gasteiger partial charge in [0, 0.05) is 58.7 Å². The first-order valence-electron chi connectivity index (χ1n) is 27.3. The smallest absolute Gasteiger partial charge is 0.0547 e. The zero-order valence-corrected chi connectivity index (χ0v) is 43.7. The van der Waals surface area contributed by atoms with Crippen LogP contribution in [0.4, 0.5) is 0 Å². The predicted molar refractivity (Wildman–Crippen MR) is 340 cm³/mol. The van der Waals surface area contributed by atoms with Crippen molar-refractivity contribution in [1.29, 1.82) is 0 Å². The monoisotopic (exact) mass is 1020 g/mol. The number of para-hydroxylation sites is 4. The summed E-state index contributed by atoms with van der Waals surface area (Å²) in [5.74, 6) is 0. The molecule has 0 bridgehead atoms. The molecule has 3 aromatic heterocycles. The lowest BCUT2D eigenvalue weighted by molar-refractivity contribution is 1.18. The minimum absolute atomic E-state index is 1.16. The molecular weight excluding hydrogens is 973 g/mol. The number of thiophene rings is 1. The predicted octanol–water partition coefficient (Wildman–Crippen LogP) is 21.5. The molecule has 17 rings (SSSR count). The first-order chi connectivity index (χ1) is 39.3. The van der Waals surface area contributed by atoms with E-state index in [1.807, 2.05) is 11.3 Å². The number of nitrogens with zero attached hydrogens (tertiary/aromatic N) is 2. The zero-order valence-electron chi connectivity index (χ0n) is 42.9. The van der Waals surface area contributed by atoms with Crippen molar-refractivity contribution in [3.05, 3.63) is 279 Å². The first-order valence-corrected chi connectivity index (χ1v) is 28.1. The van der Waals surface area contributed by atoms with Crippen LogP contribution in [0.15, 0.2) is 279 Å². The minimum atomic E-state index is 1.16. The van der Waals surface area contributed by atoms with Crippen molar-refractivity contribution < 1.29 is 0 Å². The van der Waals surface area contributed by atoms with Crippen LogP contribution in [-0.4, -0.2) is 9.13 Å². The Kier molecular flexibility index (Phi) is 9.62. The molecule has 0 saturated carbocycles. The summed E-state index contributed by atoms with van der Waals surface area (Å²) in [6.45, 7) is 0. The van der Waals surface area contributed by atoms with E-state index in [1.165, 1.54) is 151 Å². The first kappa shape index (κ1) is 44.1. The molecule has 0 amide bonds. The molecule has 0 aliphatic heterocycles. The molecule has 0 aliphatic rings. The molecule has 17 aromatic rings. The summed E-state index contributed by atoms with van der Waals surface area (Å²) in [5, 5.41) is 17.6. The highest BCUT2D eigenvalue weighted by molar-refractivity contribution is 7.26. The van der Waals surface area contributed by atoms with Gasteiger partial charge in [0.15, 0.2) is 0 Å². The maximum atomic E-state index is 2.48. The van der Waals surface area contributed by atoms with Crippen LogP contribution in [0.25, 0.3) is 163 Å². The van der Waals surface area contributed by atoms with Crippen LogP contribution >= 0.6 is 11.3 Å². The van der Waals surface area contributed by atoms with Gasteiger partial charge in [0.1, 0.15) is 0 Å². The maximum Gasteiger partial charge on any atom is 0.0547 e. The summed E-state index contributed by atoms with van der Waals surface area (Å²) in [7, 11) is 0. The van der Waals surface area contributed by atoms with Gasteiger partial charge < -0.3 is 9.13 Å². The molecule has 14 aromatic carbocycles. The van der Waals surface area contributed by atoms with E-state index in [2.05, 4.69) is 288 Å². The van der Waals surface area contributed by atoms with Crippen molar-refractivity contribution >= 4 is 118 Å². The summed E-state index contributed by atoms with van der Waals surface area (Å²) in [5.41, 5.74) is 17.2. The lowest BCUT2D eigenvalue weighted by Crippen LogP contribution is -1.94. The van der Waals surface area contributed by atoms with Crippen LogP contribution in [0.3, 0.4) is 0 Å². The van der Waals surface area contributed by atoms with Crippen LogP contribution in [0.5, 0.6) is 0 Å². The standard InChI is InChI=1S/C76H46N2S/c1-3-22-48(23-4-1)77-65-40-17-15-34-59(65)74-61(37-20-42-67(74)77)71-52-28-9-7-26-50(52)70(51-27-8-10-29-53(51)71)47-44-45-69-64(46-47)58-36-19-39-63(76(58)79-69)73-56-32-13-11-30-54(56)72(55-31-12-14-33-57(55)73)62-38-21-43-68-75(62)60-35-16-18-41-66(60)78(68)49-24-5-2-6-25-49/h1-46H. The van der Waals surface area contributed by atoms with Gasteiger partial charge in [-0.05, 0) is 143 Å². The van der Waals surface area contributed by atoms with Crippen molar-refractivity contribution in [1.82, 2.24) is 9.13 Å². The zero-order chi connectivity index (χ0) is 51.7. The number of hydrogen-bond acceptors (Lipinski definition) is 1. The van der Waals surface area contributed by atoms with Crippen molar-refractivity contribution in [3.8, 4) is 55.9 Å². The lowest BCUT2D eigenvalue weighted by atomic mass is 9.84. The van der Waals surface area contributed by atoms with Gasteiger partial charge in [-0.3, -0.25) is 0 Å². The van der Waals surface area contributed by atoms with Crippen LogP contribution in [-0.2, 0) is 0 Å². The lowest BCUT2D eigenvalue weighted by Gasteiger charge is -2.19. The van der Waals surface area contributed by atoms with Crippen molar-refractivity contribution in [2.24, 2.45) is 0 Å². The van der Waals surface area contributed by atoms with E-state index in [0.717, 1.165) is 11.4 Å². The van der Waals surface area contributed by atoms with E-state index in [9.17, 15) is 0 Å². The fraction of sp³-hybridized carbons (Fsp3) is 0. The molecule has 0 unspecified atom stereocenters. The van der Waals surface area contributed by atoms with Crippen molar-refractivity contribution in [2.75, 3.05) is 0 Å². The number of benzene rings is 14. The van der Waals surface area contributed by atoms with E-state index < -0.39 is 0 Å². The Hall–Kier alpha value is -10.1. The normalized spacial score (nSPS) is 12.1. The summed E-state index contributed by atoms with van der Waals surface area (Å²) in [6.07, 6.45) is 0. The molecule has 366 valence electrons. The fourth-order valence-electron chi connectivity index (χ4n) is 13.8. The Morgan fingerprint density at radius 3 is 1.03 bits per heavy atom. The number of aromatic nitrogens is 2.